The zero-order chi connectivity index (χ0) is 11.7. The Morgan fingerprint density at radius 2 is 2.29 bits per heavy atom. The molecule has 3 rings (SSSR count). The summed E-state index contributed by atoms with van der Waals surface area (Å²) in [6.07, 6.45) is 2.73. The lowest BCUT2D eigenvalue weighted by molar-refractivity contribution is 0.603. The van der Waals surface area contributed by atoms with Gasteiger partial charge in [-0.3, -0.25) is 0 Å². The lowest BCUT2D eigenvalue weighted by atomic mass is 10.1. The number of aromatic nitrogens is 2. The van der Waals surface area contributed by atoms with Crippen molar-refractivity contribution in [2.24, 2.45) is 0 Å². The minimum absolute atomic E-state index is 0.417. The number of thioether (sulfide) groups is 1. The molecule has 1 aromatic heterocycles. The first-order valence-electron chi connectivity index (χ1n) is 5.57. The summed E-state index contributed by atoms with van der Waals surface area (Å²) < 4.78 is 5.11. The fourth-order valence-corrected chi connectivity index (χ4v) is 4.35. The minimum atomic E-state index is 0.417. The summed E-state index contributed by atoms with van der Waals surface area (Å²) in [5.74, 6) is 0. The molecule has 2 unspecified atom stereocenters. The Bertz CT molecular complexity index is 496. The fraction of sp³-hybridized carbons (Fsp3) is 0.333. The second-order valence-corrected chi connectivity index (χ2v) is 6.30. The van der Waals surface area contributed by atoms with E-state index in [0.29, 0.717) is 11.3 Å². The van der Waals surface area contributed by atoms with Gasteiger partial charge in [-0.1, -0.05) is 36.0 Å². The van der Waals surface area contributed by atoms with Crippen LogP contribution in [0.2, 0.25) is 0 Å². The molecule has 5 heteroatoms. The van der Waals surface area contributed by atoms with Gasteiger partial charge in [-0.15, -0.1) is 0 Å². The smallest absolute Gasteiger partial charge is 0.170 e. The predicted molar refractivity (Wildman–Crippen MR) is 71.5 cm³/mol. The maximum Gasteiger partial charge on any atom is 0.170 e. The summed E-state index contributed by atoms with van der Waals surface area (Å²) in [5, 5.41) is 3.94. The van der Waals surface area contributed by atoms with Gasteiger partial charge in [-0.25, -0.2) is 4.98 Å². The average molecular weight is 263 g/mol. The van der Waals surface area contributed by atoms with Crippen LogP contribution in [-0.2, 0) is 6.42 Å². The van der Waals surface area contributed by atoms with Crippen molar-refractivity contribution in [3.8, 4) is 0 Å². The topological polar surface area (TPSA) is 37.8 Å². The molecule has 1 heterocycles. The first-order valence-corrected chi connectivity index (χ1v) is 7.22. The van der Waals surface area contributed by atoms with Gasteiger partial charge in [0.05, 0.1) is 0 Å². The van der Waals surface area contributed by atoms with E-state index >= 15 is 0 Å². The van der Waals surface area contributed by atoms with Crippen LogP contribution in [0.1, 0.15) is 17.2 Å². The number of hydrogen-bond donors (Lipinski definition) is 1. The van der Waals surface area contributed by atoms with E-state index in [-0.39, 0.29) is 0 Å². The normalized spacial score (nSPS) is 22.6. The molecular weight excluding hydrogens is 250 g/mol. The van der Waals surface area contributed by atoms with Crippen molar-refractivity contribution >= 4 is 23.3 Å². The molecule has 2 aromatic rings. The fourth-order valence-electron chi connectivity index (χ4n) is 2.35. The first kappa shape index (κ1) is 11.2. The molecule has 1 aromatic carbocycles. The maximum atomic E-state index is 4.25. The van der Waals surface area contributed by atoms with Gasteiger partial charge >= 0.3 is 0 Å². The van der Waals surface area contributed by atoms with Crippen LogP contribution in [0.15, 0.2) is 34.9 Å². The van der Waals surface area contributed by atoms with Gasteiger partial charge in [0.25, 0.3) is 0 Å². The maximum absolute atomic E-state index is 4.25. The second kappa shape index (κ2) is 4.76. The van der Waals surface area contributed by atoms with Gasteiger partial charge in [-0.05, 0) is 36.1 Å². The summed E-state index contributed by atoms with van der Waals surface area (Å²) >= 11 is 3.30. The van der Waals surface area contributed by atoms with E-state index in [1.54, 1.807) is 6.33 Å². The SMILES string of the molecule is CNC1c2ccccc2CC1Sc1ncns1. The van der Waals surface area contributed by atoms with E-state index in [1.807, 2.05) is 18.8 Å². The molecule has 1 aliphatic carbocycles. The molecule has 0 amide bonds. The third-order valence-corrected chi connectivity index (χ3v) is 5.11. The van der Waals surface area contributed by atoms with Crippen LogP contribution in [0.25, 0.3) is 0 Å². The zero-order valence-corrected chi connectivity index (χ0v) is 11.1. The minimum Gasteiger partial charge on any atom is -0.312 e. The molecule has 3 nitrogen and oxygen atoms in total. The molecule has 1 N–H and O–H groups in total. The van der Waals surface area contributed by atoms with Crippen LogP contribution >= 0.6 is 23.3 Å². The van der Waals surface area contributed by atoms with Crippen LogP contribution in [0.3, 0.4) is 0 Å². The number of hydrogen-bond acceptors (Lipinski definition) is 5. The molecule has 0 spiro atoms. The summed E-state index contributed by atoms with van der Waals surface area (Å²) in [6.45, 7) is 0. The van der Waals surface area contributed by atoms with Gasteiger partial charge in [-0.2, -0.15) is 4.37 Å². The van der Waals surface area contributed by atoms with Crippen molar-refractivity contribution in [3.05, 3.63) is 41.7 Å². The van der Waals surface area contributed by atoms with Gasteiger partial charge in [0.15, 0.2) is 4.34 Å². The number of fused-ring (bicyclic) bond motifs is 1. The molecular formula is C12H13N3S2. The van der Waals surface area contributed by atoms with Crippen molar-refractivity contribution in [2.75, 3.05) is 7.05 Å². The Kier molecular flexibility index (Phi) is 3.13. The average Bonchev–Trinajstić information content (AvgIpc) is 2.96. The highest BCUT2D eigenvalue weighted by molar-refractivity contribution is 8.01. The third kappa shape index (κ3) is 2.10. The largest absolute Gasteiger partial charge is 0.312 e. The molecule has 0 bridgehead atoms. The molecule has 0 saturated heterocycles. The van der Waals surface area contributed by atoms with Gasteiger partial charge in [0, 0.05) is 11.3 Å². The number of nitrogens with one attached hydrogen (secondary N) is 1. The van der Waals surface area contributed by atoms with Gasteiger partial charge in [0.1, 0.15) is 6.33 Å². The van der Waals surface area contributed by atoms with E-state index in [2.05, 4.69) is 38.9 Å². The Labute approximate surface area is 109 Å². The van der Waals surface area contributed by atoms with E-state index < -0.39 is 0 Å². The van der Waals surface area contributed by atoms with Crippen LogP contribution in [0.5, 0.6) is 0 Å². The Morgan fingerprint density at radius 1 is 1.41 bits per heavy atom. The van der Waals surface area contributed by atoms with Gasteiger partial charge < -0.3 is 5.32 Å². The summed E-state index contributed by atoms with van der Waals surface area (Å²) in [7, 11) is 2.03. The lowest BCUT2D eigenvalue weighted by Crippen LogP contribution is -2.23. The molecule has 17 heavy (non-hydrogen) atoms. The molecule has 0 radical (unpaired) electrons. The quantitative estimate of drug-likeness (QED) is 0.923. The van der Waals surface area contributed by atoms with Crippen LogP contribution in [-0.4, -0.2) is 21.7 Å². The van der Waals surface area contributed by atoms with E-state index in [1.165, 1.54) is 22.7 Å². The second-order valence-electron chi connectivity index (χ2n) is 4.03. The van der Waals surface area contributed by atoms with Gasteiger partial charge in [0.2, 0.25) is 0 Å². The Morgan fingerprint density at radius 3 is 3.06 bits per heavy atom. The highest BCUT2D eigenvalue weighted by Crippen LogP contribution is 2.41. The van der Waals surface area contributed by atoms with Crippen LogP contribution in [0, 0.1) is 0 Å². The van der Waals surface area contributed by atoms with Crippen molar-refractivity contribution < 1.29 is 0 Å². The van der Waals surface area contributed by atoms with Crippen molar-refractivity contribution in [1.29, 1.82) is 0 Å². The molecule has 88 valence electrons. The third-order valence-electron chi connectivity index (χ3n) is 3.09. The summed E-state index contributed by atoms with van der Waals surface area (Å²) in [5.41, 5.74) is 2.88. The predicted octanol–water partition coefficient (Wildman–Crippen LogP) is 2.52. The van der Waals surface area contributed by atoms with Crippen LogP contribution in [0.4, 0.5) is 0 Å². The highest BCUT2D eigenvalue weighted by Gasteiger charge is 2.32. The van der Waals surface area contributed by atoms with Crippen molar-refractivity contribution in [1.82, 2.24) is 14.7 Å². The van der Waals surface area contributed by atoms with Crippen molar-refractivity contribution in [3.63, 3.8) is 0 Å². The van der Waals surface area contributed by atoms with E-state index in [0.717, 1.165) is 10.8 Å². The van der Waals surface area contributed by atoms with Crippen molar-refractivity contribution in [2.45, 2.75) is 22.1 Å². The monoisotopic (exact) mass is 263 g/mol. The highest BCUT2D eigenvalue weighted by atomic mass is 32.2. The molecule has 0 aliphatic heterocycles. The molecule has 2 atom stereocenters. The summed E-state index contributed by atoms with van der Waals surface area (Å²) in [6, 6.07) is 9.09. The van der Waals surface area contributed by atoms with E-state index in [4.69, 9.17) is 0 Å². The molecule has 0 fully saturated rings. The first-order chi connectivity index (χ1) is 8.38. The number of benzene rings is 1. The number of nitrogens with zero attached hydrogens (tertiary/aromatic N) is 2. The lowest BCUT2D eigenvalue weighted by Gasteiger charge is -2.17. The zero-order valence-electron chi connectivity index (χ0n) is 9.46. The standard InChI is InChI=1S/C12H13N3S2/c1-13-11-9-5-3-2-4-8(9)6-10(11)16-12-14-7-15-17-12/h2-5,7,10-11,13H,6H2,1H3. The van der Waals surface area contributed by atoms with E-state index in [9.17, 15) is 0 Å². The number of rotatable bonds is 3. The summed E-state index contributed by atoms with van der Waals surface area (Å²) in [4.78, 5) is 4.25. The Balaban J connectivity index is 1.84. The molecule has 1 aliphatic rings. The Hall–Kier alpha value is -0.910. The molecule has 0 saturated carbocycles. The van der Waals surface area contributed by atoms with Crippen LogP contribution < -0.4 is 5.32 Å².